The summed E-state index contributed by atoms with van der Waals surface area (Å²) in [5, 5.41) is 0. The first-order valence-corrected chi connectivity index (χ1v) is 16.1. The van der Waals surface area contributed by atoms with Gasteiger partial charge < -0.3 is 9.45 Å². The van der Waals surface area contributed by atoms with Crippen LogP contribution in [0.2, 0.25) is 0 Å². The first-order chi connectivity index (χ1) is 16.4. The van der Waals surface area contributed by atoms with Crippen LogP contribution >= 0.6 is 0 Å². The van der Waals surface area contributed by atoms with Crippen LogP contribution in [0.25, 0.3) is 0 Å². The minimum atomic E-state index is -4.14. The van der Waals surface area contributed by atoms with Crippen molar-refractivity contribution in [1.82, 2.24) is 4.90 Å². The molecule has 0 atom stereocenters. The standard InChI is InChI=1S/C28H57NO4S.K/c1-3-4-5-6-7-8-9-10-11-12-13-14-15-16-17-18-19-20-21-22-25-28(30)29(2)26-23-24-27-34(31,32)33;/h3-27H2,1-2H3,(H,31,32,33);/q;+1/p-1. The number of carbonyl (C=O) groups is 1. The topological polar surface area (TPSA) is 77.5 Å². The van der Waals surface area contributed by atoms with E-state index in [0.717, 1.165) is 12.8 Å². The molecule has 0 spiro atoms. The molecule has 0 unspecified atom stereocenters. The van der Waals surface area contributed by atoms with Crippen molar-refractivity contribution in [3.05, 3.63) is 0 Å². The average Bonchev–Trinajstić information content (AvgIpc) is 2.79. The number of unbranched alkanes of at least 4 members (excludes halogenated alkanes) is 20. The van der Waals surface area contributed by atoms with E-state index in [4.69, 9.17) is 0 Å². The molecule has 0 saturated carbocycles. The molecule has 0 saturated heterocycles. The second kappa shape index (κ2) is 28.0. The van der Waals surface area contributed by atoms with Gasteiger partial charge in [0.2, 0.25) is 5.91 Å². The fourth-order valence-electron chi connectivity index (χ4n) is 4.47. The number of nitrogens with zero attached hydrogens (tertiary/aromatic N) is 1. The van der Waals surface area contributed by atoms with Crippen LogP contribution in [0.5, 0.6) is 0 Å². The van der Waals surface area contributed by atoms with Crippen molar-refractivity contribution in [2.75, 3.05) is 19.3 Å². The van der Waals surface area contributed by atoms with E-state index in [1.165, 1.54) is 116 Å². The maximum atomic E-state index is 12.1. The number of hydrogen-bond acceptors (Lipinski definition) is 4. The summed E-state index contributed by atoms with van der Waals surface area (Å²) < 4.78 is 31.7. The smallest absolute Gasteiger partial charge is 0.748 e. The second-order valence-electron chi connectivity index (χ2n) is 10.3. The number of rotatable bonds is 26. The van der Waals surface area contributed by atoms with Gasteiger partial charge in [-0.15, -0.1) is 0 Å². The van der Waals surface area contributed by atoms with Crippen LogP contribution in [0.1, 0.15) is 155 Å². The third-order valence-corrected chi connectivity index (χ3v) is 7.60. The van der Waals surface area contributed by atoms with Gasteiger partial charge in [-0.05, 0) is 19.3 Å². The van der Waals surface area contributed by atoms with Crippen LogP contribution in [-0.2, 0) is 14.9 Å². The van der Waals surface area contributed by atoms with Gasteiger partial charge >= 0.3 is 51.4 Å². The Morgan fingerprint density at radius 2 is 0.943 bits per heavy atom. The van der Waals surface area contributed by atoms with Crippen molar-refractivity contribution in [2.45, 2.75) is 155 Å². The van der Waals surface area contributed by atoms with Crippen molar-refractivity contribution in [1.29, 1.82) is 0 Å². The molecule has 35 heavy (non-hydrogen) atoms. The molecule has 0 aliphatic heterocycles. The molecule has 5 nitrogen and oxygen atoms in total. The predicted octanol–water partition coefficient (Wildman–Crippen LogP) is 4.99. The summed E-state index contributed by atoms with van der Waals surface area (Å²) in [6.07, 6.45) is 28.4. The van der Waals surface area contributed by atoms with Gasteiger partial charge in [0, 0.05) is 25.8 Å². The number of hydrogen-bond donors (Lipinski definition) is 0. The van der Waals surface area contributed by atoms with Crippen LogP contribution in [0.3, 0.4) is 0 Å². The van der Waals surface area contributed by atoms with E-state index in [2.05, 4.69) is 6.92 Å². The Balaban J connectivity index is 0. The normalized spacial score (nSPS) is 11.4. The van der Waals surface area contributed by atoms with Gasteiger partial charge in [-0.25, -0.2) is 8.42 Å². The van der Waals surface area contributed by atoms with Crippen LogP contribution in [-0.4, -0.2) is 43.1 Å². The minimum Gasteiger partial charge on any atom is -0.748 e. The second-order valence-corrected chi connectivity index (χ2v) is 11.8. The molecular formula is C28H56KNO4S. The van der Waals surface area contributed by atoms with Crippen LogP contribution in [0.15, 0.2) is 0 Å². The Kier molecular flexibility index (Phi) is 30.6. The molecule has 1 amide bonds. The Morgan fingerprint density at radius 3 is 1.29 bits per heavy atom. The fourth-order valence-corrected chi connectivity index (χ4v) is 5.03. The molecule has 0 radical (unpaired) electrons. The molecule has 0 bridgehead atoms. The van der Waals surface area contributed by atoms with E-state index in [9.17, 15) is 17.8 Å². The summed E-state index contributed by atoms with van der Waals surface area (Å²) in [6.45, 7) is 2.80. The van der Waals surface area contributed by atoms with Gasteiger partial charge in [-0.2, -0.15) is 0 Å². The zero-order valence-electron chi connectivity index (χ0n) is 23.7. The van der Waals surface area contributed by atoms with E-state index >= 15 is 0 Å². The monoisotopic (exact) mass is 541 g/mol. The molecular weight excluding hydrogens is 485 g/mol. The summed E-state index contributed by atoms with van der Waals surface area (Å²) >= 11 is 0. The first kappa shape index (κ1) is 38.2. The third-order valence-electron chi connectivity index (χ3n) is 6.81. The van der Waals surface area contributed by atoms with E-state index in [0.29, 0.717) is 25.8 Å². The van der Waals surface area contributed by atoms with Gasteiger partial charge in [0.1, 0.15) is 0 Å². The molecule has 0 aromatic carbocycles. The Labute approximate surface area is 261 Å². The quantitative estimate of drug-likeness (QED) is 0.0878. The molecule has 204 valence electrons. The molecule has 0 rings (SSSR count). The van der Waals surface area contributed by atoms with Crippen molar-refractivity contribution in [3.8, 4) is 0 Å². The van der Waals surface area contributed by atoms with Crippen molar-refractivity contribution < 1.29 is 69.1 Å². The van der Waals surface area contributed by atoms with Gasteiger partial charge in [0.25, 0.3) is 0 Å². The summed E-state index contributed by atoms with van der Waals surface area (Å²) in [7, 11) is -2.38. The van der Waals surface area contributed by atoms with Crippen molar-refractivity contribution >= 4 is 16.0 Å². The van der Waals surface area contributed by atoms with E-state index in [1.54, 1.807) is 11.9 Å². The van der Waals surface area contributed by atoms with Gasteiger partial charge in [0.05, 0.1) is 10.1 Å². The largest absolute Gasteiger partial charge is 1.00 e. The maximum absolute atomic E-state index is 12.1. The van der Waals surface area contributed by atoms with Crippen LogP contribution in [0.4, 0.5) is 0 Å². The summed E-state index contributed by atoms with van der Waals surface area (Å²) in [6, 6.07) is 0. The Bertz CT molecular complexity index is 557. The first-order valence-electron chi connectivity index (χ1n) is 14.5. The Morgan fingerprint density at radius 1 is 0.600 bits per heavy atom. The number of carbonyl (C=O) groups excluding carboxylic acids is 1. The van der Waals surface area contributed by atoms with Crippen LogP contribution in [0, 0.1) is 0 Å². The zero-order valence-corrected chi connectivity index (χ0v) is 27.6. The van der Waals surface area contributed by atoms with Gasteiger partial charge in [-0.1, -0.05) is 129 Å². The molecule has 0 aromatic rings. The minimum absolute atomic E-state index is 0. The number of amides is 1. The summed E-state index contributed by atoms with van der Waals surface area (Å²) in [5.41, 5.74) is 0. The molecule has 0 heterocycles. The van der Waals surface area contributed by atoms with Gasteiger partial charge in [-0.3, -0.25) is 4.79 Å². The van der Waals surface area contributed by atoms with Crippen molar-refractivity contribution in [3.63, 3.8) is 0 Å². The molecule has 0 aliphatic rings. The van der Waals surface area contributed by atoms with E-state index < -0.39 is 10.1 Å². The average molecular weight is 542 g/mol. The summed E-state index contributed by atoms with van der Waals surface area (Å²) in [4.78, 5) is 13.7. The summed E-state index contributed by atoms with van der Waals surface area (Å²) in [5.74, 6) is -0.221. The molecule has 7 heteroatoms. The van der Waals surface area contributed by atoms with Crippen molar-refractivity contribution in [2.24, 2.45) is 0 Å². The molecule has 0 aliphatic carbocycles. The van der Waals surface area contributed by atoms with Gasteiger partial charge in [0.15, 0.2) is 0 Å². The molecule has 0 N–H and O–H groups in total. The van der Waals surface area contributed by atoms with Crippen LogP contribution < -0.4 is 51.4 Å². The zero-order chi connectivity index (χ0) is 25.3. The molecule has 0 fully saturated rings. The van der Waals surface area contributed by atoms with E-state index in [-0.39, 0.29) is 63.0 Å². The molecule has 0 aromatic heterocycles. The maximum Gasteiger partial charge on any atom is 1.00 e. The third kappa shape index (κ3) is 31.1. The van der Waals surface area contributed by atoms with E-state index in [1.807, 2.05) is 0 Å². The SMILES string of the molecule is CCCCCCCCCCCCCCCCCCCCCCC(=O)N(C)CCCCS(=O)(=O)[O-].[K+]. The predicted molar refractivity (Wildman–Crippen MR) is 144 cm³/mol. The fraction of sp³-hybridized carbons (Fsp3) is 0.964. The Hall–Kier alpha value is 1.02.